The number of rotatable bonds is 2. The largest absolute Gasteiger partial charge is 3.00 e. The van der Waals surface area contributed by atoms with Crippen molar-refractivity contribution in [3.8, 4) is 5.75 Å². The molecule has 0 saturated carbocycles. The minimum absolute atomic E-state index is 0. The van der Waals surface area contributed by atoms with Crippen LogP contribution in [0.25, 0.3) is 0 Å². The van der Waals surface area contributed by atoms with Crippen molar-refractivity contribution in [2.45, 2.75) is 74.1 Å². The molecule has 0 aliphatic heterocycles. The molecule has 2 aromatic rings. The maximum Gasteiger partial charge on any atom is 3.00 e. The molecule has 145 valence electrons. The molecule has 26 heavy (non-hydrogen) atoms. The second kappa shape index (κ2) is 12.5. The molecule has 1 N–H and O–H groups in total. The Balaban J connectivity index is -0.000000374. The summed E-state index contributed by atoms with van der Waals surface area (Å²) in [7, 11) is 0. The Morgan fingerprint density at radius 1 is 0.769 bits per heavy atom. The van der Waals surface area contributed by atoms with E-state index in [9.17, 15) is 5.11 Å². The van der Waals surface area contributed by atoms with E-state index in [4.69, 9.17) is 0 Å². The third-order valence-corrected chi connectivity index (χ3v) is 5.15. The van der Waals surface area contributed by atoms with Gasteiger partial charge in [0, 0.05) is 0 Å². The predicted molar refractivity (Wildman–Crippen MR) is 115 cm³/mol. The van der Waals surface area contributed by atoms with E-state index < -0.39 is 0 Å². The van der Waals surface area contributed by atoms with Gasteiger partial charge in [-0.1, -0.05) is 80.5 Å². The minimum Gasteiger partial charge on any atom is -0.507 e. The molecule has 0 aliphatic rings. The van der Waals surface area contributed by atoms with Gasteiger partial charge in [0.25, 0.3) is 0 Å². The van der Waals surface area contributed by atoms with Crippen molar-refractivity contribution in [3.63, 3.8) is 0 Å². The fraction of sp³-hybridized carbons (Fsp3) is 0.458. The average Bonchev–Trinajstić information content (AvgIpc) is 2.65. The van der Waals surface area contributed by atoms with E-state index in [0.717, 1.165) is 11.1 Å². The molecule has 0 heterocycles. The summed E-state index contributed by atoms with van der Waals surface area (Å²) >= 11 is 0. The molecule has 0 bridgehead atoms. The van der Waals surface area contributed by atoms with Crippen molar-refractivity contribution >= 4 is 0 Å². The van der Waals surface area contributed by atoms with Crippen LogP contribution in [0.4, 0.5) is 0 Å². The third-order valence-electron chi connectivity index (χ3n) is 5.15. The summed E-state index contributed by atoms with van der Waals surface area (Å²) < 4.78 is 0. The Bertz CT molecular complexity index is 557. The van der Waals surface area contributed by atoms with E-state index in [2.05, 4.69) is 62.3 Å². The molecular formula is C24H39OTi. The van der Waals surface area contributed by atoms with Crippen LogP contribution in [0.15, 0.2) is 18.2 Å². The van der Waals surface area contributed by atoms with Gasteiger partial charge >= 0.3 is 21.7 Å². The van der Waals surface area contributed by atoms with Gasteiger partial charge in [0.05, 0.1) is 0 Å². The Morgan fingerprint density at radius 2 is 1.08 bits per heavy atom. The van der Waals surface area contributed by atoms with Gasteiger partial charge < -0.3 is 20.0 Å². The van der Waals surface area contributed by atoms with Crippen molar-refractivity contribution in [3.05, 3.63) is 72.0 Å². The summed E-state index contributed by atoms with van der Waals surface area (Å²) in [6, 6.07) is 6.00. The SMILES string of the molecule is CC(C)c1cccc(C(C)C)c1O.Cc1c(C)c(C)[c-](C)c1C.[CH3-].[CH3-].[Ti+3]. The zero-order valence-corrected chi connectivity index (χ0v) is 20.4. The second-order valence-corrected chi connectivity index (χ2v) is 7.22. The van der Waals surface area contributed by atoms with E-state index >= 15 is 0 Å². The topological polar surface area (TPSA) is 20.2 Å². The van der Waals surface area contributed by atoms with Gasteiger partial charge in [0.15, 0.2) is 0 Å². The number of hydrogen-bond donors (Lipinski definition) is 1. The molecule has 2 heteroatoms. The van der Waals surface area contributed by atoms with Crippen molar-refractivity contribution < 1.29 is 26.8 Å². The molecule has 1 radical (unpaired) electrons. The zero-order chi connectivity index (χ0) is 17.9. The molecular weight excluding hydrogens is 352 g/mol. The van der Waals surface area contributed by atoms with Crippen LogP contribution in [-0.4, -0.2) is 5.11 Å². The fourth-order valence-corrected chi connectivity index (χ4v) is 2.92. The smallest absolute Gasteiger partial charge is 0.507 e. The van der Waals surface area contributed by atoms with Crippen LogP contribution >= 0.6 is 0 Å². The van der Waals surface area contributed by atoms with Gasteiger partial charge in [0.2, 0.25) is 0 Å². The first-order valence-electron chi connectivity index (χ1n) is 8.60. The van der Waals surface area contributed by atoms with Crippen LogP contribution in [0.5, 0.6) is 5.75 Å². The second-order valence-electron chi connectivity index (χ2n) is 7.22. The van der Waals surface area contributed by atoms with Crippen LogP contribution in [0.3, 0.4) is 0 Å². The summed E-state index contributed by atoms with van der Waals surface area (Å²) in [6.07, 6.45) is 0. The molecule has 0 spiro atoms. The van der Waals surface area contributed by atoms with Crippen LogP contribution in [0.2, 0.25) is 0 Å². The normalized spacial score (nSPS) is 9.65. The molecule has 0 saturated heterocycles. The summed E-state index contributed by atoms with van der Waals surface area (Å²) in [5.74, 6) is 1.25. The number of para-hydroxylation sites is 1. The number of phenolic OH excluding ortho intramolecular Hbond substituents is 1. The minimum atomic E-state index is 0. The molecule has 0 fully saturated rings. The monoisotopic (exact) mass is 391 g/mol. The Labute approximate surface area is 178 Å². The maximum atomic E-state index is 9.93. The van der Waals surface area contributed by atoms with Gasteiger partial charge in [-0.25, -0.2) is 0 Å². The summed E-state index contributed by atoms with van der Waals surface area (Å²) in [4.78, 5) is 0. The van der Waals surface area contributed by atoms with Crippen molar-refractivity contribution in [2.75, 3.05) is 0 Å². The summed E-state index contributed by atoms with van der Waals surface area (Å²) in [6.45, 7) is 19.4. The van der Waals surface area contributed by atoms with Crippen LogP contribution in [0, 0.1) is 49.5 Å². The van der Waals surface area contributed by atoms with E-state index in [0.29, 0.717) is 17.6 Å². The Kier molecular flexibility index (Phi) is 14.3. The van der Waals surface area contributed by atoms with Gasteiger partial charge in [-0.2, -0.15) is 27.8 Å². The fourth-order valence-electron chi connectivity index (χ4n) is 2.92. The van der Waals surface area contributed by atoms with Crippen LogP contribution in [-0.2, 0) is 21.7 Å². The third kappa shape index (κ3) is 6.67. The van der Waals surface area contributed by atoms with Gasteiger partial charge in [0.1, 0.15) is 5.75 Å². The van der Waals surface area contributed by atoms with E-state index in [1.54, 1.807) is 0 Å². The Morgan fingerprint density at radius 3 is 1.27 bits per heavy atom. The first-order valence-corrected chi connectivity index (χ1v) is 8.60. The quantitative estimate of drug-likeness (QED) is 0.415. The van der Waals surface area contributed by atoms with Crippen molar-refractivity contribution in [1.82, 2.24) is 0 Å². The number of benzene rings is 1. The summed E-state index contributed by atoms with van der Waals surface area (Å²) in [5.41, 5.74) is 9.43. The number of hydrogen-bond acceptors (Lipinski definition) is 1. The molecule has 0 amide bonds. The summed E-state index contributed by atoms with van der Waals surface area (Å²) in [5, 5.41) is 9.93. The maximum absolute atomic E-state index is 9.93. The van der Waals surface area contributed by atoms with Gasteiger partial charge in [-0.3, -0.25) is 0 Å². The first-order chi connectivity index (χ1) is 10.6. The van der Waals surface area contributed by atoms with Crippen molar-refractivity contribution in [1.29, 1.82) is 0 Å². The number of aromatic hydroxyl groups is 1. The van der Waals surface area contributed by atoms with Gasteiger partial charge in [-0.05, 0) is 23.0 Å². The van der Waals surface area contributed by atoms with E-state index in [1.165, 1.54) is 27.8 Å². The first kappa shape index (κ1) is 29.8. The zero-order valence-electron chi connectivity index (χ0n) is 18.8. The van der Waals surface area contributed by atoms with E-state index in [-0.39, 0.29) is 36.6 Å². The Hall–Kier alpha value is -0.916. The molecule has 0 aromatic heterocycles. The standard InChI is InChI=1S/C12H18O.C10H15.2CH3.Ti/c1-8(2)10-6-5-7-11(9(3)4)12(10)13;1-6-7(2)9(4)10(5)8(6)3;;;/h5-9,13H,1-4H3;1-5H3;2*1H3;/q;3*-1;+3. The molecule has 0 unspecified atom stereocenters. The van der Waals surface area contributed by atoms with E-state index in [1.807, 2.05) is 18.2 Å². The molecule has 2 rings (SSSR count). The van der Waals surface area contributed by atoms with Gasteiger partial charge in [-0.15, -0.1) is 0 Å². The molecule has 0 atom stereocenters. The van der Waals surface area contributed by atoms with Crippen LogP contribution in [0.1, 0.15) is 78.5 Å². The van der Waals surface area contributed by atoms with Crippen LogP contribution < -0.4 is 0 Å². The van der Waals surface area contributed by atoms with Crippen molar-refractivity contribution in [2.24, 2.45) is 0 Å². The number of phenols is 1. The average molecular weight is 391 g/mol. The predicted octanol–water partition coefficient (Wildman–Crippen LogP) is 7.48. The molecule has 0 aliphatic carbocycles. The molecule has 1 nitrogen and oxygen atoms in total. The molecule has 2 aromatic carbocycles.